The first-order valence-electron chi connectivity index (χ1n) is 4.80. The third kappa shape index (κ3) is 2.31. The number of anilines is 1. The predicted molar refractivity (Wildman–Crippen MR) is 57.4 cm³/mol. The normalized spacial score (nSPS) is 12.4. The maximum absolute atomic E-state index is 4.27. The molecule has 0 aliphatic heterocycles. The fourth-order valence-electron chi connectivity index (χ4n) is 1.34. The van der Waals surface area contributed by atoms with Gasteiger partial charge in [0, 0.05) is 18.0 Å². The van der Waals surface area contributed by atoms with Crippen molar-refractivity contribution in [2.24, 2.45) is 0 Å². The molecule has 0 spiro atoms. The minimum atomic E-state index is 0.179. The van der Waals surface area contributed by atoms with E-state index in [0.717, 1.165) is 17.2 Å². The fraction of sp³-hybridized carbons (Fsp3) is 0.300. The van der Waals surface area contributed by atoms with Crippen molar-refractivity contribution in [3.8, 4) is 0 Å². The van der Waals surface area contributed by atoms with Gasteiger partial charge in [-0.25, -0.2) is 9.97 Å². The summed E-state index contributed by atoms with van der Waals surface area (Å²) in [5.41, 5.74) is 1.10. The summed E-state index contributed by atoms with van der Waals surface area (Å²) >= 11 is 0. The van der Waals surface area contributed by atoms with E-state index in [-0.39, 0.29) is 6.04 Å². The molecule has 0 radical (unpaired) electrons. The zero-order chi connectivity index (χ0) is 10.7. The van der Waals surface area contributed by atoms with Crippen LogP contribution in [0.1, 0.15) is 24.4 Å². The molecule has 0 amide bonds. The highest BCUT2D eigenvalue weighted by Crippen LogP contribution is 2.15. The SMILES string of the molecule is Cc1nccc(NC(C)c2cn[nH]c2)n1. The van der Waals surface area contributed by atoms with Gasteiger partial charge < -0.3 is 5.32 Å². The van der Waals surface area contributed by atoms with Crippen molar-refractivity contribution in [3.05, 3.63) is 36.0 Å². The largest absolute Gasteiger partial charge is 0.363 e. The van der Waals surface area contributed by atoms with E-state index in [1.54, 1.807) is 12.4 Å². The Bertz CT molecular complexity index is 423. The van der Waals surface area contributed by atoms with Gasteiger partial charge in [0.25, 0.3) is 0 Å². The summed E-state index contributed by atoms with van der Waals surface area (Å²) in [6.45, 7) is 3.93. The highest BCUT2D eigenvalue weighted by atomic mass is 15.1. The number of nitrogens with one attached hydrogen (secondary N) is 2. The van der Waals surface area contributed by atoms with E-state index in [1.807, 2.05) is 19.2 Å². The van der Waals surface area contributed by atoms with E-state index in [1.165, 1.54) is 0 Å². The second kappa shape index (κ2) is 4.08. The minimum Gasteiger partial charge on any atom is -0.363 e. The Morgan fingerprint density at radius 3 is 3.00 bits per heavy atom. The van der Waals surface area contributed by atoms with Crippen LogP contribution in [0.25, 0.3) is 0 Å². The van der Waals surface area contributed by atoms with Crippen LogP contribution in [-0.4, -0.2) is 20.2 Å². The van der Waals surface area contributed by atoms with Gasteiger partial charge in [0.2, 0.25) is 0 Å². The molecule has 5 heteroatoms. The molecule has 1 atom stereocenters. The van der Waals surface area contributed by atoms with Crippen molar-refractivity contribution < 1.29 is 0 Å². The zero-order valence-electron chi connectivity index (χ0n) is 8.73. The van der Waals surface area contributed by atoms with Crippen LogP contribution in [0.5, 0.6) is 0 Å². The van der Waals surface area contributed by atoms with Crippen LogP contribution in [0.3, 0.4) is 0 Å². The summed E-state index contributed by atoms with van der Waals surface area (Å²) in [6.07, 6.45) is 5.41. The van der Waals surface area contributed by atoms with Crippen LogP contribution in [0.4, 0.5) is 5.82 Å². The molecule has 78 valence electrons. The van der Waals surface area contributed by atoms with Crippen LogP contribution < -0.4 is 5.32 Å². The Morgan fingerprint density at radius 2 is 2.33 bits per heavy atom. The Labute approximate surface area is 88.0 Å². The van der Waals surface area contributed by atoms with Crippen LogP contribution in [0, 0.1) is 6.92 Å². The van der Waals surface area contributed by atoms with Crippen LogP contribution >= 0.6 is 0 Å². The number of rotatable bonds is 3. The lowest BCUT2D eigenvalue weighted by Gasteiger charge is -2.12. The number of aromatic amines is 1. The molecule has 0 bridgehead atoms. The Hall–Kier alpha value is -1.91. The summed E-state index contributed by atoms with van der Waals surface area (Å²) in [5.74, 6) is 1.59. The minimum absolute atomic E-state index is 0.179. The van der Waals surface area contributed by atoms with Gasteiger partial charge in [-0.05, 0) is 19.9 Å². The van der Waals surface area contributed by atoms with Crippen molar-refractivity contribution >= 4 is 5.82 Å². The van der Waals surface area contributed by atoms with E-state index in [4.69, 9.17) is 0 Å². The molecule has 0 aliphatic rings. The average Bonchev–Trinajstić information content (AvgIpc) is 2.70. The molecule has 2 heterocycles. The van der Waals surface area contributed by atoms with E-state index < -0.39 is 0 Å². The highest BCUT2D eigenvalue weighted by Gasteiger charge is 2.06. The first kappa shape index (κ1) is 9.64. The van der Waals surface area contributed by atoms with Gasteiger partial charge in [-0.15, -0.1) is 0 Å². The summed E-state index contributed by atoms with van der Waals surface area (Å²) in [7, 11) is 0. The first-order valence-corrected chi connectivity index (χ1v) is 4.80. The number of nitrogens with zero attached hydrogens (tertiary/aromatic N) is 3. The lowest BCUT2D eigenvalue weighted by atomic mass is 10.2. The van der Waals surface area contributed by atoms with Gasteiger partial charge in [-0.2, -0.15) is 5.10 Å². The van der Waals surface area contributed by atoms with Gasteiger partial charge in [0.05, 0.1) is 12.2 Å². The van der Waals surface area contributed by atoms with E-state index in [0.29, 0.717) is 0 Å². The van der Waals surface area contributed by atoms with E-state index in [2.05, 4.69) is 32.4 Å². The average molecular weight is 203 g/mol. The third-order valence-electron chi connectivity index (χ3n) is 2.16. The number of aryl methyl sites for hydroxylation is 1. The number of H-pyrrole nitrogens is 1. The molecule has 0 aromatic carbocycles. The summed E-state index contributed by atoms with van der Waals surface area (Å²) in [5, 5.41) is 9.96. The smallest absolute Gasteiger partial charge is 0.130 e. The van der Waals surface area contributed by atoms with Crippen molar-refractivity contribution in [2.45, 2.75) is 19.9 Å². The molecule has 5 nitrogen and oxygen atoms in total. The standard InChI is InChI=1S/C10H13N5/c1-7(9-5-12-13-6-9)14-10-3-4-11-8(2)15-10/h3-7H,1-2H3,(H,12,13)(H,11,14,15). The number of hydrogen-bond donors (Lipinski definition) is 2. The van der Waals surface area contributed by atoms with Gasteiger partial charge in [-0.1, -0.05) is 0 Å². The van der Waals surface area contributed by atoms with Crippen LogP contribution in [-0.2, 0) is 0 Å². The van der Waals surface area contributed by atoms with Crippen LogP contribution in [0.2, 0.25) is 0 Å². The summed E-state index contributed by atoms with van der Waals surface area (Å²) in [4.78, 5) is 8.31. The van der Waals surface area contributed by atoms with Crippen LogP contribution in [0.15, 0.2) is 24.7 Å². The molecule has 15 heavy (non-hydrogen) atoms. The van der Waals surface area contributed by atoms with Gasteiger partial charge in [-0.3, -0.25) is 5.10 Å². The molecular weight excluding hydrogens is 190 g/mol. The lowest BCUT2D eigenvalue weighted by Crippen LogP contribution is -2.07. The maximum Gasteiger partial charge on any atom is 0.130 e. The topological polar surface area (TPSA) is 66.5 Å². The predicted octanol–water partition coefficient (Wildman–Crippen LogP) is 1.68. The molecule has 2 rings (SSSR count). The van der Waals surface area contributed by atoms with Gasteiger partial charge >= 0.3 is 0 Å². The fourth-order valence-corrected chi connectivity index (χ4v) is 1.34. The molecule has 0 saturated heterocycles. The van der Waals surface area contributed by atoms with Crippen molar-refractivity contribution in [1.29, 1.82) is 0 Å². The molecular formula is C10H13N5. The quantitative estimate of drug-likeness (QED) is 0.796. The highest BCUT2D eigenvalue weighted by molar-refractivity contribution is 5.36. The summed E-state index contributed by atoms with van der Waals surface area (Å²) < 4.78 is 0. The molecule has 0 fully saturated rings. The second-order valence-electron chi connectivity index (χ2n) is 3.39. The number of hydrogen-bond acceptors (Lipinski definition) is 4. The zero-order valence-corrected chi connectivity index (χ0v) is 8.73. The van der Waals surface area contributed by atoms with Crippen molar-refractivity contribution in [1.82, 2.24) is 20.2 Å². The molecule has 1 unspecified atom stereocenters. The first-order chi connectivity index (χ1) is 7.25. The molecule has 2 N–H and O–H groups in total. The Kier molecular flexibility index (Phi) is 2.62. The number of aromatic nitrogens is 4. The van der Waals surface area contributed by atoms with E-state index in [9.17, 15) is 0 Å². The molecule has 2 aromatic heterocycles. The maximum atomic E-state index is 4.27. The summed E-state index contributed by atoms with van der Waals surface area (Å²) in [6, 6.07) is 2.03. The monoisotopic (exact) mass is 203 g/mol. The lowest BCUT2D eigenvalue weighted by molar-refractivity contribution is 0.868. The second-order valence-corrected chi connectivity index (χ2v) is 3.39. The Morgan fingerprint density at radius 1 is 1.47 bits per heavy atom. The van der Waals surface area contributed by atoms with Crippen molar-refractivity contribution in [3.63, 3.8) is 0 Å². The molecule has 0 saturated carbocycles. The third-order valence-corrected chi connectivity index (χ3v) is 2.16. The van der Waals surface area contributed by atoms with Gasteiger partial charge in [0.1, 0.15) is 11.6 Å². The molecule has 0 aliphatic carbocycles. The Balaban J connectivity index is 2.09. The molecule has 2 aromatic rings. The van der Waals surface area contributed by atoms with E-state index >= 15 is 0 Å². The van der Waals surface area contributed by atoms with Gasteiger partial charge in [0.15, 0.2) is 0 Å². The van der Waals surface area contributed by atoms with Crippen molar-refractivity contribution in [2.75, 3.05) is 5.32 Å².